The van der Waals surface area contributed by atoms with Crippen LogP contribution in [0.15, 0.2) is 60.7 Å². The molecule has 1 atom stereocenters. The number of carbonyl (C=O) groups is 1. The number of carbonyl (C=O) groups excluding carboxylic acids is 1. The van der Waals surface area contributed by atoms with Crippen LogP contribution in [0.2, 0.25) is 0 Å². The van der Waals surface area contributed by atoms with E-state index in [-0.39, 0.29) is 17.6 Å². The van der Waals surface area contributed by atoms with Gasteiger partial charge in [-0.15, -0.1) is 0 Å². The third kappa shape index (κ3) is 4.99. The average Bonchev–Trinajstić information content (AvgIpc) is 2.81. The van der Waals surface area contributed by atoms with Crippen LogP contribution in [0.25, 0.3) is 0 Å². The van der Waals surface area contributed by atoms with Gasteiger partial charge < -0.3 is 14.6 Å². The molecule has 0 radical (unpaired) electrons. The number of phenolic OH excluding ortho intramolecular Hbond substituents is 1. The number of benzene rings is 3. The van der Waals surface area contributed by atoms with E-state index in [1.807, 2.05) is 49.4 Å². The Morgan fingerprint density at radius 1 is 1.09 bits per heavy atom. The molecule has 0 amide bonds. The second-order valence-corrected chi connectivity index (χ2v) is 7.59. The van der Waals surface area contributed by atoms with Crippen molar-refractivity contribution in [3.8, 4) is 17.6 Å². The highest BCUT2D eigenvalue weighted by Gasteiger charge is 2.18. The van der Waals surface area contributed by atoms with Crippen LogP contribution in [-0.4, -0.2) is 18.0 Å². The van der Waals surface area contributed by atoms with E-state index in [4.69, 9.17) is 9.47 Å². The minimum Gasteiger partial charge on any atom is -0.507 e. The number of aromatic hydroxyl groups is 1. The fourth-order valence-corrected chi connectivity index (χ4v) is 3.75. The van der Waals surface area contributed by atoms with Gasteiger partial charge in [0.2, 0.25) is 0 Å². The summed E-state index contributed by atoms with van der Waals surface area (Å²) in [6.45, 7) is 3.77. The molecule has 5 heteroatoms. The van der Waals surface area contributed by atoms with Crippen molar-refractivity contribution in [1.82, 2.24) is 0 Å². The van der Waals surface area contributed by atoms with Crippen LogP contribution in [0.1, 0.15) is 64.5 Å². The smallest absolute Gasteiger partial charge is 0.163 e. The van der Waals surface area contributed by atoms with Gasteiger partial charge in [-0.1, -0.05) is 55.8 Å². The number of nitrogens with zero attached hydrogens (tertiary/aromatic N) is 1. The Labute approximate surface area is 188 Å². The summed E-state index contributed by atoms with van der Waals surface area (Å²) in [6, 6.07) is 20.8. The fraction of sp³-hybridized carbons (Fsp3) is 0.259. The van der Waals surface area contributed by atoms with E-state index in [9.17, 15) is 15.2 Å². The Morgan fingerprint density at radius 3 is 2.44 bits per heavy atom. The molecule has 0 fully saturated rings. The molecule has 0 saturated carbocycles. The molecular weight excluding hydrogens is 402 g/mol. The minimum absolute atomic E-state index is 0.00583. The van der Waals surface area contributed by atoms with E-state index >= 15 is 0 Å². The molecule has 1 unspecified atom stereocenters. The predicted octanol–water partition coefficient (Wildman–Crippen LogP) is 5.73. The lowest BCUT2D eigenvalue weighted by Gasteiger charge is -2.18. The Morgan fingerprint density at radius 2 is 1.81 bits per heavy atom. The van der Waals surface area contributed by atoms with Crippen molar-refractivity contribution in [2.75, 3.05) is 7.11 Å². The molecule has 32 heavy (non-hydrogen) atoms. The summed E-state index contributed by atoms with van der Waals surface area (Å²) in [6.07, 6.45) is 1.10. The van der Waals surface area contributed by atoms with Gasteiger partial charge >= 0.3 is 0 Å². The number of rotatable bonds is 9. The summed E-state index contributed by atoms with van der Waals surface area (Å²) < 4.78 is 11.7. The molecule has 3 aromatic carbocycles. The average molecular weight is 430 g/mol. The van der Waals surface area contributed by atoms with Crippen molar-refractivity contribution in [2.45, 2.75) is 39.4 Å². The standard InChI is InChI=1S/C27H27NO4/c1-4-7-24-25(15-14-22(18(2)29)26(24)30)32-17-19-10-12-20(13-11-19)27(31-3)23-9-6-5-8-21(23)16-28/h5-6,8-15,27,30H,4,7,17H2,1-3H3. The highest BCUT2D eigenvalue weighted by Crippen LogP contribution is 2.34. The van der Waals surface area contributed by atoms with E-state index in [0.29, 0.717) is 35.5 Å². The molecule has 3 aromatic rings. The van der Waals surface area contributed by atoms with Crippen LogP contribution in [0, 0.1) is 11.3 Å². The number of methoxy groups -OCH3 is 1. The van der Waals surface area contributed by atoms with E-state index in [2.05, 4.69) is 6.07 Å². The number of ether oxygens (including phenoxy) is 2. The number of ketones is 1. The normalized spacial score (nSPS) is 11.6. The molecule has 0 saturated heterocycles. The molecule has 0 spiro atoms. The first-order chi connectivity index (χ1) is 15.5. The fourth-order valence-electron chi connectivity index (χ4n) is 3.75. The molecule has 164 valence electrons. The molecule has 0 heterocycles. The van der Waals surface area contributed by atoms with Gasteiger partial charge in [-0.25, -0.2) is 0 Å². The number of nitriles is 1. The molecular formula is C27H27NO4. The number of phenols is 1. The second kappa shape index (κ2) is 10.6. The van der Waals surface area contributed by atoms with Crippen molar-refractivity contribution in [3.63, 3.8) is 0 Å². The lowest BCUT2D eigenvalue weighted by atomic mass is 9.96. The molecule has 0 aliphatic rings. The van der Waals surface area contributed by atoms with Crippen LogP contribution in [0.3, 0.4) is 0 Å². The lowest BCUT2D eigenvalue weighted by Crippen LogP contribution is -2.06. The number of hydrogen-bond acceptors (Lipinski definition) is 5. The number of hydrogen-bond donors (Lipinski definition) is 1. The van der Waals surface area contributed by atoms with Crippen molar-refractivity contribution >= 4 is 5.78 Å². The van der Waals surface area contributed by atoms with Gasteiger partial charge in [0.15, 0.2) is 5.78 Å². The Bertz CT molecular complexity index is 1130. The van der Waals surface area contributed by atoms with Crippen molar-refractivity contribution in [1.29, 1.82) is 5.26 Å². The van der Waals surface area contributed by atoms with Crippen molar-refractivity contribution < 1.29 is 19.4 Å². The van der Waals surface area contributed by atoms with Crippen molar-refractivity contribution in [3.05, 3.63) is 94.0 Å². The van der Waals surface area contributed by atoms with Gasteiger partial charge in [-0.2, -0.15) is 5.26 Å². The highest BCUT2D eigenvalue weighted by molar-refractivity contribution is 5.97. The zero-order valence-electron chi connectivity index (χ0n) is 18.6. The highest BCUT2D eigenvalue weighted by atomic mass is 16.5. The first-order valence-electron chi connectivity index (χ1n) is 10.6. The van der Waals surface area contributed by atoms with Crippen LogP contribution < -0.4 is 4.74 Å². The molecule has 5 nitrogen and oxygen atoms in total. The maximum absolute atomic E-state index is 11.7. The maximum Gasteiger partial charge on any atom is 0.163 e. The van der Waals surface area contributed by atoms with E-state index in [1.165, 1.54) is 6.92 Å². The summed E-state index contributed by atoms with van der Waals surface area (Å²) in [4.78, 5) is 11.7. The Hall–Kier alpha value is -3.62. The molecule has 1 N–H and O–H groups in total. The second-order valence-electron chi connectivity index (χ2n) is 7.59. The first-order valence-corrected chi connectivity index (χ1v) is 10.6. The summed E-state index contributed by atoms with van der Waals surface area (Å²) in [5, 5.41) is 19.9. The van der Waals surface area contributed by atoms with E-state index in [0.717, 1.165) is 23.1 Å². The maximum atomic E-state index is 11.7. The van der Waals surface area contributed by atoms with Crippen LogP contribution in [0.5, 0.6) is 11.5 Å². The van der Waals surface area contributed by atoms with Gasteiger partial charge in [0.25, 0.3) is 0 Å². The van der Waals surface area contributed by atoms with Gasteiger partial charge in [-0.3, -0.25) is 4.79 Å². The summed E-state index contributed by atoms with van der Waals surface area (Å²) in [7, 11) is 1.63. The van der Waals surface area contributed by atoms with Crippen LogP contribution >= 0.6 is 0 Å². The quantitative estimate of drug-likeness (QED) is 0.439. The topological polar surface area (TPSA) is 79.5 Å². The van der Waals surface area contributed by atoms with Crippen molar-refractivity contribution in [2.24, 2.45) is 0 Å². The van der Waals surface area contributed by atoms with Gasteiger partial charge in [-0.05, 0) is 42.7 Å². The molecule has 0 bridgehead atoms. The summed E-state index contributed by atoms with van der Waals surface area (Å²) >= 11 is 0. The van der Waals surface area contributed by atoms with E-state index < -0.39 is 0 Å². The Kier molecular flexibility index (Phi) is 7.64. The minimum atomic E-state index is -0.340. The molecule has 0 aliphatic heterocycles. The molecule has 0 aromatic heterocycles. The predicted molar refractivity (Wildman–Crippen MR) is 123 cm³/mol. The van der Waals surface area contributed by atoms with Crippen LogP contribution in [-0.2, 0) is 17.8 Å². The first kappa shape index (κ1) is 23.1. The zero-order chi connectivity index (χ0) is 23.1. The third-order valence-corrected chi connectivity index (χ3v) is 5.40. The summed E-state index contributed by atoms with van der Waals surface area (Å²) in [5.41, 5.74) is 4.28. The molecule has 0 aliphatic carbocycles. The third-order valence-electron chi connectivity index (χ3n) is 5.40. The lowest BCUT2D eigenvalue weighted by molar-refractivity contribution is 0.101. The largest absolute Gasteiger partial charge is 0.507 e. The molecule has 3 rings (SSSR count). The van der Waals surface area contributed by atoms with Gasteiger partial charge in [0.05, 0.1) is 17.2 Å². The van der Waals surface area contributed by atoms with Gasteiger partial charge in [0.1, 0.15) is 24.2 Å². The van der Waals surface area contributed by atoms with Crippen LogP contribution in [0.4, 0.5) is 0 Å². The van der Waals surface area contributed by atoms with Gasteiger partial charge in [0, 0.05) is 18.2 Å². The zero-order valence-corrected chi connectivity index (χ0v) is 18.6. The number of Topliss-reactive ketones (excluding diaryl/α,β-unsaturated/α-hetero) is 1. The van der Waals surface area contributed by atoms with E-state index in [1.54, 1.807) is 25.3 Å². The SMILES string of the molecule is CCCc1c(OCc2ccc(C(OC)c3ccccc3C#N)cc2)ccc(C(C)=O)c1O. The monoisotopic (exact) mass is 429 g/mol. The summed E-state index contributed by atoms with van der Waals surface area (Å²) in [5.74, 6) is 0.412. The Balaban J connectivity index is 1.79.